The zero-order valence-corrected chi connectivity index (χ0v) is 17.9. The minimum atomic E-state index is -0.105. The van der Waals surface area contributed by atoms with Crippen LogP contribution in [0.5, 0.6) is 5.75 Å². The average Bonchev–Trinajstić information content (AvgIpc) is 3.10. The molecule has 0 fully saturated rings. The number of nitrogens with zero attached hydrogens (tertiary/aromatic N) is 3. The van der Waals surface area contributed by atoms with Crippen molar-refractivity contribution in [3.8, 4) is 5.75 Å². The molecule has 0 N–H and O–H groups in total. The fourth-order valence-electron chi connectivity index (χ4n) is 3.45. The highest BCUT2D eigenvalue weighted by molar-refractivity contribution is 6.33. The zero-order chi connectivity index (χ0) is 21.8. The van der Waals surface area contributed by atoms with Gasteiger partial charge in [-0.25, -0.2) is 5.01 Å². The highest BCUT2D eigenvalue weighted by Crippen LogP contribution is 2.26. The van der Waals surface area contributed by atoms with E-state index >= 15 is 0 Å². The smallest absolute Gasteiger partial charge is 0.276 e. The van der Waals surface area contributed by atoms with Gasteiger partial charge in [0.05, 0.1) is 19.2 Å². The summed E-state index contributed by atoms with van der Waals surface area (Å²) in [6.45, 7) is 0.427. The van der Waals surface area contributed by atoms with Crippen LogP contribution in [0.2, 0.25) is 0 Å². The molecule has 0 bridgehead atoms. The molecule has 5 heteroatoms. The molecule has 0 aliphatic carbocycles. The number of carbonyl (C=O) groups is 1. The monoisotopic (exact) mass is 411 g/mol. The highest BCUT2D eigenvalue weighted by Gasteiger charge is 2.31. The molecule has 0 unspecified atom stereocenters. The van der Waals surface area contributed by atoms with E-state index in [1.54, 1.807) is 7.11 Å². The standard InChI is InChI=1S/C26H25N3O2/c1-28(2)22-13-9-19(10-14-22)17-24-25(21-11-15-23(31-3)16-12-21)27-29(26(24)30)18-20-7-5-4-6-8-20/h4-17H,18H2,1-3H3. The SMILES string of the molecule is COc1ccc(C2=NN(Cc3ccccc3)C(=O)C2=Cc2ccc(N(C)C)cc2)cc1. The number of carbonyl (C=O) groups excluding carboxylic acids is 1. The molecule has 0 saturated carbocycles. The van der Waals surface area contributed by atoms with Crippen molar-refractivity contribution in [1.29, 1.82) is 0 Å². The van der Waals surface area contributed by atoms with Crippen LogP contribution in [0.1, 0.15) is 16.7 Å². The van der Waals surface area contributed by atoms with Crippen molar-refractivity contribution in [3.05, 3.63) is 101 Å². The predicted molar refractivity (Wildman–Crippen MR) is 125 cm³/mol. The second kappa shape index (κ2) is 8.88. The molecule has 0 radical (unpaired) electrons. The van der Waals surface area contributed by atoms with Crippen LogP contribution in [-0.4, -0.2) is 37.8 Å². The molecule has 0 aromatic heterocycles. The van der Waals surface area contributed by atoms with Crippen LogP contribution in [0.25, 0.3) is 6.08 Å². The number of anilines is 1. The highest BCUT2D eigenvalue weighted by atomic mass is 16.5. The van der Waals surface area contributed by atoms with Gasteiger partial charge in [0.2, 0.25) is 0 Å². The van der Waals surface area contributed by atoms with Crippen molar-refractivity contribution in [2.75, 3.05) is 26.1 Å². The third kappa shape index (κ3) is 4.51. The van der Waals surface area contributed by atoms with Crippen molar-refractivity contribution >= 4 is 23.4 Å². The van der Waals surface area contributed by atoms with E-state index in [9.17, 15) is 4.79 Å². The quantitative estimate of drug-likeness (QED) is 0.557. The van der Waals surface area contributed by atoms with E-state index in [1.807, 2.05) is 104 Å². The minimum Gasteiger partial charge on any atom is -0.497 e. The molecule has 156 valence electrons. The fraction of sp³-hybridized carbons (Fsp3) is 0.154. The van der Waals surface area contributed by atoms with Crippen molar-refractivity contribution in [1.82, 2.24) is 5.01 Å². The maximum atomic E-state index is 13.3. The lowest BCUT2D eigenvalue weighted by atomic mass is 10.00. The Kier molecular flexibility index (Phi) is 5.85. The number of benzene rings is 3. The van der Waals surface area contributed by atoms with Gasteiger partial charge in [-0.3, -0.25) is 4.79 Å². The Balaban J connectivity index is 1.71. The molecular formula is C26H25N3O2. The summed E-state index contributed by atoms with van der Waals surface area (Å²) in [7, 11) is 5.64. The summed E-state index contributed by atoms with van der Waals surface area (Å²) >= 11 is 0. The van der Waals surface area contributed by atoms with Crippen LogP contribution < -0.4 is 9.64 Å². The Labute approximate surface area is 182 Å². The maximum absolute atomic E-state index is 13.3. The third-order valence-corrected chi connectivity index (χ3v) is 5.20. The molecule has 1 heterocycles. The normalized spacial score (nSPS) is 14.7. The minimum absolute atomic E-state index is 0.105. The molecule has 0 spiro atoms. The van der Waals surface area contributed by atoms with Gasteiger partial charge >= 0.3 is 0 Å². The molecule has 3 aromatic carbocycles. The first-order valence-corrected chi connectivity index (χ1v) is 10.1. The summed E-state index contributed by atoms with van der Waals surface area (Å²) in [5, 5.41) is 6.23. The van der Waals surface area contributed by atoms with Gasteiger partial charge in [-0.15, -0.1) is 0 Å². The molecule has 31 heavy (non-hydrogen) atoms. The third-order valence-electron chi connectivity index (χ3n) is 5.20. The molecule has 4 rings (SSSR count). The molecule has 1 amide bonds. The molecule has 3 aromatic rings. The van der Waals surface area contributed by atoms with Crippen LogP contribution in [0, 0.1) is 0 Å². The lowest BCUT2D eigenvalue weighted by molar-refractivity contribution is -0.126. The van der Waals surface area contributed by atoms with Gasteiger partial charge in [0.1, 0.15) is 11.5 Å². The van der Waals surface area contributed by atoms with E-state index in [0.717, 1.165) is 28.1 Å². The summed E-state index contributed by atoms with van der Waals surface area (Å²) < 4.78 is 5.27. The number of ether oxygens (including phenoxy) is 1. The van der Waals surface area contributed by atoms with Gasteiger partial charge in [0.15, 0.2) is 0 Å². The number of hydrazone groups is 1. The first kappa shape index (κ1) is 20.4. The van der Waals surface area contributed by atoms with E-state index < -0.39 is 0 Å². The lowest BCUT2D eigenvalue weighted by Gasteiger charge is -2.12. The number of hydrogen-bond acceptors (Lipinski definition) is 4. The Hall–Kier alpha value is -3.86. The van der Waals surface area contributed by atoms with Crippen LogP contribution >= 0.6 is 0 Å². The largest absolute Gasteiger partial charge is 0.497 e. The Morgan fingerprint density at radius 3 is 2.23 bits per heavy atom. The van der Waals surface area contributed by atoms with Gasteiger partial charge in [-0.1, -0.05) is 42.5 Å². The van der Waals surface area contributed by atoms with Crippen molar-refractivity contribution in [3.63, 3.8) is 0 Å². The first-order chi connectivity index (χ1) is 15.0. The van der Waals surface area contributed by atoms with E-state index in [-0.39, 0.29) is 5.91 Å². The molecular weight excluding hydrogens is 386 g/mol. The second-order valence-electron chi connectivity index (χ2n) is 7.57. The van der Waals surface area contributed by atoms with E-state index in [0.29, 0.717) is 17.8 Å². The molecule has 0 atom stereocenters. The average molecular weight is 412 g/mol. The molecule has 1 aliphatic rings. The Morgan fingerprint density at radius 2 is 1.61 bits per heavy atom. The van der Waals surface area contributed by atoms with Crippen LogP contribution in [0.15, 0.2) is 89.5 Å². The number of methoxy groups -OCH3 is 1. The molecule has 5 nitrogen and oxygen atoms in total. The summed E-state index contributed by atoms with van der Waals surface area (Å²) in [6, 6.07) is 25.6. The van der Waals surface area contributed by atoms with E-state index in [2.05, 4.69) is 0 Å². The summed E-state index contributed by atoms with van der Waals surface area (Å²) in [5.74, 6) is 0.658. The predicted octanol–water partition coefficient (Wildman–Crippen LogP) is 4.59. The second-order valence-corrected chi connectivity index (χ2v) is 7.57. The molecule has 1 aliphatic heterocycles. The Bertz CT molecular complexity index is 1120. The number of hydrogen-bond donors (Lipinski definition) is 0. The van der Waals surface area contributed by atoms with Gasteiger partial charge in [-0.05, 0) is 53.6 Å². The van der Waals surface area contributed by atoms with Gasteiger partial charge < -0.3 is 9.64 Å². The van der Waals surface area contributed by atoms with Gasteiger partial charge in [0.25, 0.3) is 5.91 Å². The van der Waals surface area contributed by atoms with Crippen molar-refractivity contribution in [2.24, 2.45) is 5.10 Å². The summed E-state index contributed by atoms with van der Waals surface area (Å²) in [4.78, 5) is 15.4. The fourth-order valence-corrected chi connectivity index (χ4v) is 3.45. The van der Waals surface area contributed by atoms with Gasteiger partial charge in [-0.2, -0.15) is 5.10 Å². The lowest BCUT2D eigenvalue weighted by Crippen LogP contribution is -2.21. The maximum Gasteiger partial charge on any atom is 0.276 e. The summed E-state index contributed by atoms with van der Waals surface area (Å²) in [6.07, 6.45) is 1.91. The van der Waals surface area contributed by atoms with Crippen molar-refractivity contribution < 1.29 is 9.53 Å². The van der Waals surface area contributed by atoms with Crippen LogP contribution in [0.3, 0.4) is 0 Å². The number of rotatable bonds is 6. The van der Waals surface area contributed by atoms with E-state index in [4.69, 9.17) is 9.84 Å². The van der Waals surface area contributed by atoms with Crippen LogP contribution in [0.4, 0.5) is 5.69 Å². The summed E-state index contributed by atoms with van der Waals surface area (Å²) in [5.41, 5.74) is 5.22. The zero-order valence-electron chi connectivity index (χ0n) is 17.9. The van der Waals surface area contributed by atoms with E-state index in [1.165, 1.54) is 5.01 Å². The van der Waals surface area contributed by atoms with Crippen LogP contribution in [-0.2, 0) is 11.3 Å². The first-order valence-electron chi connectivity index (χ1n) is 10.1. The van der Waals surface area contributed by atoms with Gasteiger partial charge in [0, 0.05) is 25.3 Å². The van der Waals surface area contributed by atoms with Crippen molar-refractivity contribution in [2.45, 2.75) is 6.54 Å². The topological polar surface area (TPSA) is 45.1 Å². The Morgan fingerprint density at radius 1 is 0.935 bits per heavy atom. The number of amides is 1. The molecule has 0 saturated heterocycles.